The number of hydrogen-bond acceptors (Lipinski definition) is 6. The maximum atomic E-state index is 12.7. The second-order valence-electron chi connectivity index (χ2n) is 8.13. The Labute approximate surface area is 188 Å². The lowest BCUT2D eigenvalue weighted by Gasteiger charge is -2.36. The van der Waals surface area contributed by atoms with Crippen LogP contribution in [0.4, 0.5) is 5.82 Å². The summed E-state index contributed by atoms with van der Waals surface area (Å²) in [7, 11) is 1.66. The van der Waals surface area contributed by atoms with Crippen molar-refractivity contribution in [1.29, 1.82) is 0 Å². The summed E-state index contributed by atoms with van der Waals surface area (Å²) in [6.45, 7) is 3.48. The third-order valence-electron chi connectivity index (χ3n) is 5.80. The first-order valence-corrected chi connectivity index (χ1v) is 11.1. The molecule has 1 unspecified atom stereocenters. The maximum Gasteiger partial charge on any atom is 0.237 e. The quantitative estimate of drug-likeness (QED) is 0.586. The van der Waals surface area contributed by atoms with Crippen LogP contribution in [0.1, 0.15) is 36.9 Å². The minimum absolute atomic E-state index is 0.0797. The maximum absolute atomic E-state index is 12.7. The number of piperidine rings is 1. The molecule has 3 heterocycles. The van der Waals surface area contributed by atoms with Crippen molar-refractivity contribution in [2.75, 3.05) is 25.1 Å². The molecular weight excluding hydrogens is 404 g/mol. The molecule has 8 heteroatoms. The van der Waals surface area contributed by atoms with Crippen molar-refractivity contribution in [3.63, 3.8) is 0 Å². The van der Waals surface area contributed by atoms with E-state index in [-0.39, 0.29) is 11.9 Å². The van der Waals surface area contributed by atoms with E-state index in [1.807, 2.05) is 43.5 Å². The summed E-state index contributed by atoms with van der Waals surface area (Å²) in [5, 5.41) is 3.08. The van der Waals surface area contributed by atoms with Gasteiger partial charge in [-0.2, -0.15) is 4.98 Å². The van der Waals surface area contributed by atoms with Crippen molar-refractivity contribution >= 4 is 11.7 Å². The Kier molecular flexibility index (Phi) is 6.99. The van der Waals surface area contributed by atoms with E-state index in [1.54, 1.807) is 24.2 Å². The van der Waals surface area contributed by atoms with E-state index < -0.39 is 0 Å². The average molecular weight is 435 g/mol. The third-order valence-corrected chi connectivity index (χ3v) is 5.80. The molecule has 4 rings (SSSR count). The Morgan fingerprint density at radius 1 is 1.22 bits per heavy atom. The molecule has 2 aromatic heterocycles. The number of aryl methyl sites for hydroxylation is 1. The standard InChI is InChI=1S/C24H30N6O2/c1-18-15-22(28-24(27-18)29-14-12-25-17-29)30-13-4-3-5-20(30)16-23(31)26-11-10-19-6-8-21(32-2)9-7-19/h6-9,12,14-15,17,20H,3-5,10-11,13,16H2,1-2H3,(H,26,31). The van der Waals surface area contributed by atoms with E-state index in [0.717, 1.165) is 49.5 Å². The van der Waals surface area contributed by atoms with E-state index >= 15 is 0 Å². The van der Waals surface area contributed by atoms with Crippen LogP contribution in [0.25, 0.3) is 5.95 Å². The molecule has 0 spiro atoms. The lowest BCUT2D eigenvalue weighted by atomic mass is 9.99. The van der Waals surface area contributed by atoms with Crippen LogP contribution in [-0.2, 0) is 11.2 Å². The first kappa shape index (κ1) is 21.8. The van der Waals surface area contributed by atoms with Crippen molar-refractivity contribution in [2.24, 2.45) is 0 Å². The number of benzene rings is 1. The smallest absolute Gasteiger partial charge is 0.237 e. The van der Waals surface area contributed by atoms with Crippen LogP contribution < -0.4 is 15.0 Å². The molecule has 1 aromatic carbocycles. The van der Waals surface area contributed by atoms with E-state index in [2.05, 4.69) is 20.2 Å². The number of nitrogens with zero attached hydrogens (tertiary/aromatic N) is 5. The minimum atomic E-state index is 0.0797. The lowest BCUT2D eigenvalue weighted by molar-refractivity contribution is -0.121. The lowest BCUT2D eigenvalue weighted by Crippen LogP contribution is -2.43. The summed E-state index contributed by atoms with van der Waals surface area (Å²) in [4.78, 5) is 28.4. The van der Waals surface area contributed by atoms with Crippen LogP contribution in [0.15, 0.2) is 49.1 Å². The molecule has 0 aliphatic carbocycles. The van der Waals surface area contributed by atoms with Gasteiger partial charge in [0.15, 0.2) is 0 Å². The van der Waals surface area contributed by atoms with Gasteiger partial charge in [0.25, 0.3) is 0 Å². The number of carbonyl (C=O) groups excluding carboxylic acids is 1. The highest BCUT2D eigenvalue weighted by atomic mass is 16.5. The first-order valence-electron chi connectivity index (χ1n) is 11.1. The molecule has 1 fully saturated rings. The number of aromatic nitrogens is 4. The van der Waals surface area contributed by atoms with Crippen LogP contribution in [0.5, 0.6) is 5.75 Å². The molecule has 1 amide bonds. The Morgan fingerprint density at radius 2 is 2.06 bits per heavy atom. The van der Waals surface area contributed by atoms with E-state index in [9.17, 15) is 4.79 Å². The van der Waals surface area contributed by atoms with Gasteiger partial charge in [-0.25, -0.2) is 9.97 Å². The highest BCUT2D eigenvalue weighted by Gasteiger charge is 2.26. The third kappa shape index (κ3) is 5.43. The second kappa shape index (κ2) is 10.3. The summed E-state index contributed by atoms with van der Waals surface area (Å²) in [5.41, 5.74) is 2.07. The van der Waals surface area contributed by atoms with Crippen molar-refractivity contribution in [1.82, 2.24) is 24.8 Å². The molecule has 0 saturated carbocycles. The summed E-state index contributed by atoms with van der Waals surface area (Å²) < 4.78 is 7.00. The topological polar surface area (TPSA) is 85.2 Å². The zero-order valence-electron chi connectivity index (χ0n) is 18.7. The van der Waals surface area contributed by atoms with Gasteiger partial charge in [0.2, 0.25) is 11.9 Å². The van der Waals surface area contributed by atoms with Crippen molar-refractivity contribution in [3.8, 4) is 11.7 Å². The average Bonchev–Trinajstić information content (AvgIpc) is 3.35. The fourth-order valence-electron chi connectivity index (χ4n) is 4.12. The number of rotatable bonds is 8. The predicted octanol–water partition coefficient (Wildman–Crippen LogP) is 3.09. The number of carbonyl (C=O) groups is 1. The number of hydrogen-bond donors (Lipinski definition) is 1. The van der Waals surface area contributed by atoms with Crippen LogP contribution in [0, 0.1) is 6.92 Å². The zero-order chi connectivity index (χ0) is 22.3. The molecule has 1 atom stereocenters. The number of nitrogens with one attached hydrogen (secondary N) is 1. The molecule has 168 valence electrons. The molecule has 1 N–H and O–H groups in total. The van der Waals surface area contributed by atoms with Crippen molar-refractivity contribution in [3.05, 3.63) is 60.3 Å². The van der Waals surface area contributed by atoms with Gasteiger partial charge in [0, 0.05) is 49.7 Å². The van der Waals surface area contributed by atoms with Gasteiger partial charge in [-0.15, -0.1) is 0 Å². The van der Waals surface area contributed by atoms with Gasteiger partial charge in [-0.3, -0.25) is 9.36 Å². The monoisotopic (exact) mass is 434 g/mol. The van der Waals surface area contributed by atoms with Crippen LogP contribution in [-0.4, -0.2) is 51.7 Å². The predicted molar refractivity (Wildman–Crippen MR) is 123 cm³/mol. The summed E-state index contributed by atoms with van der Waals surface area (Å²) >= 11 is 0. The normalized spacial score (nSPS) is 16.1. The Bertz CT molecular complexity index is 1020. The molecule has 1 aliphatic heterocycles. The number of anilines is 1. The molecule has 0 radical (unpaired) electrons. The highest BCUT2D eigenvalue weighted by molar-refractivity contribution is 5.77. The second-order valence-corrected chi connectivity index (χ2v) is 8.13. The van der Waals surface area contributed by atoms with Gasteiger partial charge in [0.05, 0.1) is 7.11 Å². The van der Waals surface area contributed by atoms with E-state index in [1.165, 1.54) is 5.56 Å². The molecular formula is C24H30N6O2. The van der Waals surface area contributed by atoms with Gasteiger partial charge in [-0.05, 0) is 50.3 Å². The minimum Gasteiger partial charge on any atom is -0.497 e. The van der Waals surface area contributed by atoms with Gasteiger partial charge in [0.1, 0.15) is 17.9 Å². The number of ether oxygens (including phenoxy) is 1. The van der Waals surface area contributed by atoms with Gasteiger partial charge < -0.3 is 15.0 Å². The molecule has 0 bridgehead atoms. The molecule has 3 aromatic rings. The fraction of sp³-hybridized carbons (Fsp3) is 0.417. The summed E-state index contributed by atoms with van der Waals surface area (Å²) in [5.74, 6) is 2.39. The fourth-order valence-corrected chi connectivity index (χ4v) is 4.12. The first-order chi connectivity index (χ1) is 15.6. The van der Waals surface area contributed by atoms with E-state index in [4.69, 9.17) is 9.72 Å². The van der Waals surface area contributed by atoms with Gasteiger partial charge >= 0.3 is 0 Å². The van der Waals surface area contributed by atoms with Gasteiger partial charge in [-0.1, -0.05) is 12.1 Å². The summed E-state index contributed by atoms with van der Waals surface area (Å²) in [6, 6.07) is 10.1. The van der Waals surface area contributed by atoms with Crippen LogP contribution in [0.3, 0.4) is 0 Å². The Morgan fingerprint density at radius 3 is 2.81 bits per heavy atom. The van der Waals surface area contributed by atoms with E-state index in [0.29, 0.717) is 18.9 Å². The zero-order valence-corrected chi connectivity index (χ0v) is 18.7. The number of imidazole rings is 1. The number of amides is 1. The molecule has 8 nitrogen and oxygen atoms in total. The molecule has 1 aliphatic rings. The number of methoxy groups -OCH3 is 1. The van der Waals surface area contributed by atoms with Crippen molar-refractivity contribution < 1.29 is 9.53 Å². The highest BCUT2D eigenvalue weighted by Crippen LogP contribution is 2.26. The van der Waals surface area contributed by atoms with Crippen molar-refractivity contribution in [2.45, 2.75) is 45.1 Å². The van der Waals surface area contributed by atoms with Crippen LogP contribution >= 0.6 is 0 Å². The summed E-state index contributed by atoms with van der Waals surface area (Å²) in [6.07, 6.45) is 9.71. The SMILES string of the molecule is COc1ccc(CCNC(=O)CC2CCCCN2c2cc(C)nc(-n3ccnc3)n2)cc1. The Balaban J connectivity index is 1.37. The molecule has 1 saturated heterocycles. The molecule has 32 heavy (non-hydrogen) atoms. The largest absolute Gasteiger partial charge is 0.497 e. The Hall–Kier alpha value is -3.42. The van der Waals surface area contributed by atoms with Crippen LogP contribution in [0.2, 0.25) is 0 Å².